The molecule has 0 unspecified atom stereocenters. The number of anilines is 1. The summed E-state index contributed by atoms with van der Waals surface area (Å²) in [5.41, 5.74) is 0.684. The molecule has 0 aromatic heterocycles. The van der Waals surface area contributed by atoms with Gasteiger partial charge in [-0.2, -0.15) is 0 Å². The lowest BCUT2D eigenvalue weighted by atomic mass is 10.2. The molecule has 88 valence electrons. The van der Waals surface area contributed by atoms with Gasteiger partial charge in [-0.1, -0.05) is 18.2 Å². The minimum Gasteiger partial charge on any atom is -0.315 e. The van der Waals surface area contributed by atoms with Crippen molar-refractivity contribution in [3.05, 3.63) is 29.8 Å². The van der Waals surface area contributed by atoms with Crippen molar-refractivity contribution < 1.29 is 18.4 Å². The van der Waals surface area contributed by atoms with Crippen LogP contribution < -0.4 is 5.32 Å². The number of nitrogens with one attached hydrogen (secondary N) is 1. The average molecular weight is 243 g/mol. The highest BCUT2D eigenvalue weighted by Crippen LogP contribution is 2.47. The van der Waals surface area contributed by atoms with Gasteiger partial charge < -0.3 is 14.4 Å². The van der Waals surface area contributed by atoms with Gasteiger partial charge >= 0.3 is 13.2 Å². The second kappa shape index (κ2) is 5.25. The minimum atomic E-state index is -3.71. The average Bonchev–Trinajstić information content (AvgIpc) is 2.31. The van der Waals surface area contributed by atoms with E-state index in [1.165, 1.54) is 14.2 Å². The predicted octanol–water partition coefficient (Wildman–Crippen LogP) is 3.01. The number of hydrogen-bond donors (Lipinski definition) is 1. The van der Waals surface area contributed by atoms with Crippen LogP contribution >= 0.6 is 7.60 Å². The number of benzene rings is 1. The van der Waals surface area contributed by atoms with Crippen molar-refractivity contribution in [1.29, 1.82) is 0 Å². The lowest BCUT2D eigenvalue weighted by Gasteiger charge is -2.14. The molecule has 0 saturated carbocycles. The molecule has 0 aliphatic carbocycles. The van der Waals surface area contributed by atoms with Crippen LogP contribution in [0.25, 0.3) is 0 Å². The third kappa shape index (κ3) is 2.70. The predicted molar refractivity (Wildman–Crippen MR) is 61.8 cm³/mol. The Balaban J connectivity index is 2.87. The number of carbonyl (C=O) groups excluding carboxylic acids is 1. The molecule has 0 radical (unpaired) electrons. The Hall–Kier alpha value is -1.16. The van der Waals surface area contributed by atoms with Crippen LogP contribution in [0, 0.1) is 6.92 Å². The maximum absolute atomic E-state index is 11.7. The van der Waals surface area contributed by atoms with Crippen LogP contribution in [0.2, 0.25) is 0 Å². The summed E-state index contributed by atoms with van der Waals surface area (Å²) in [5.74, 6) is 0. The zero-order chi connectivity index (χ0) is 12.2. The molecule has 0 fully saturated rings. The van der Waals surface area contributed by atoms with Crippen molar-refractivity contribution in [3.8, 4) is 0 Å². The summed E-state index contributed by atoms with van der Waals surface area (Å²) < 4.78 is 20.9. The van der Waals surface area contributed by atoms with Crippen LogP contribution in [-0.4, -0.2) is 19.9 Å². The van der Waals surface area contributed by atoms with Crippen LogP contribution in [0.4, 0.5) is 10.5 Å². The second-order valence-corrected chi connectivity index (χ2v) is 5.24. The van der Waals surface area contributed by atoms with E-state index in [1.54, 1.807) is 12.1 Å². The molecule has 1 N–H and O–H groups in total. The lowest BCUT2D eigenvalue weighted by Crippen LogP contribution is -2.12. The molecule has 16 heavy (non-hydrogen) atoms. The SMILES string of the molecule is COP(=O)(OC)C(=O)Nc1ccccc1C. The molecule has 0 aliphatic heterocycles. The molecule has 1 rings (SSSR count). The Kier molecular flexibility index (Phi) is 4.24. The Morgan fingerprint density at radius 1 is 1.25 bits per heavy atom. The normalized spacial score (nSPS) is 11.2. The number of para-hydroxylation sites is 1. The third-order valence-electron chi connectivity index (χ3n) is 2.12. The monoisotopic (exact) mass is 243 g/mol. The summed E-state index contributed by atoms with van der Waals surface area (Å²) in [4.78, 5) is 11.6. The van der Waals surface area contributed by atoms with E-state index in [-0.39, 0.29) is 0 Å². The third-order valence-corrected chi connectivity index (χ3v) is 3.69. The smallest absolute Gasteiger partial charge is 0.315 e. The van der Waals surface area contributed by atoms with Crippen LogP contribution in [0.1, 0.15) is 5.56 Å². The van der Waals surface area contributed by atoms with Gasteiger partial charge in [-0.15, -0.1) is 0 Å². The van der Waals surface area contributed by atoms with Gasteiger partial charge in [0.05, 0.1) is 0 Å². The summed E-state index contributed by atoms with van der Waals surface area (Å²) in [6.07, 6.45) is 0. The molecule has 1 aromatic carbocycles. The topological polar surface area (TPSA) is 64.6 Å². The molecule has 5 nitrogen and oxygen atoms in total. The first-order valence-electron chi connectivity index (χ1n) is 4.62. The number of rotatable bonds is 4. The minimum absolute atomic E-state index is 0.585. The van der Waals surface area contributed by atoms with E-state index >= 15 is 0 Å². The molecule has 0 heterocycles. The Morgan fingerprint density at radius 2 is 1.81 bits per heavy atom. The van der Waals surface area contributed by atoms with Gasteiger partial charge in [-0.25, -0.2) is 4.57 Å². The molecule has 1 amide bonds. The zero-order valence-corrected chi connectivity index (χ0v) is 10.3. The maximum atomic E-state index is 11.7. The Labute approximate surface area is 94.3 Å². The number of hydrogen-bond acceptors (Lipinski definition) is 4. The highest BCUT2D eigenvalue weighted by Gasteiger charge is 2.32. The van der Waals surface area contributed by atoms with E-state index in [0.29, 0.717) is 5.69 Å². The Bertz CT molecular complexity index is 425. The lowest BCUT2D eigenvalue weighted by molar-refractivity contribution is 0.242. The van der Waals surface area contributed by atoms with E-state index in [9.17, 15) is 9.36 Å². The van der Waals surface area contributed by atoms with Gasteiger partial charge in [0.15, 0.2) is 0 Å². The fourth-order valence-corrected chi connectivity index (χ4v) is 1.88. The van der Waals surface area contributed by atoms with Crippen molar-refractivity contribution in [3.63, 3.8) is 0 Å². The van der Waals surface area contributed by atoms with E-state index < -0.39 is 13.2 Å². The number of aryl methyl sites for hydroxylation is 1. The first-order chi connectivity index (χ1) is 7.53. The largest absolute Gasteiger partial charge is 0.418 e. The molecule has 0 bridgehead atoms. The van der Waals surface area contributed by atoms with Crippen LogP contribution in [0.15, 0.2) is 24.3 Å². The highest BCUT2D eigenvalue weighted by molar-refractivity contribution is 7.72. The molecular weight excluding hydrogens is 229 g/mol. The summed E-state index contributed by atoms with van der Waals surface area (Å²) in [6, 6.07) is 7.16. The molecule has 0 aliphatic rings. The Morgan fingerprint density at radius 3 is 2.31 bits per heavy atom. The highest BCUT2D eigenvalue weighted by atomic mass is 31.2. The first-order valence-corrected chi connectivity index (χ1v) is 6.16. The van der Waals surface area contributed by atoms with E-state index in [0.717, 1.165) is 5.56 Å². The summed E-state index contributed by atoms with van der Waals surface area (Å²) in [6.45, 7) is 1.83. The van der Waals surface area contributed by atoms with Gasteiger partial charge in [0.25, 0.3) is 0 Å². The zero-order valence-electron chi connectivity index (χ0n) is 9.39. The van der Waals surface area contributed by atoms with E-state index in [4.69, 9.17) is 0 Å². The first kappa shape index (κ1) is 12.9. The molecular formula is C10H14NO4P. The summed E-state index contributed by atoms with van der Waals surface area (Å²) in [5, 5.41) is 2.50. The maximum Gasteiger partial charge on any atom is 0.418 e. The van der Waals surface area contributed by atoms with Gasteiger partial charge in [0, 0.05) is 19.9 Å². The van der Waals surface area contributed by atoms with Gasteiger partial charge in [0.2, 0.25) is 0 Å². The van der Waals surface area contributed by atoms with Crippen molar-refractivity contribution in [2.45, 2.75) is 6.92 Å². The quantitative estimate of drug-likeness (QED) is 0.825. The van der Waals surface area contributed by atoms with Crippen LogP contribution in [0.5, 0.6) is 0 Å². The molecule has 1 aromatic rings. The summed E-state index contributed by atoms with van der Waals surface area (Å²) >= 11 is 0. The fourth-order valence-electron chi connectivity index (χ4n) is 1.14. The molecule has 0 spiro atoms. The second-order valence-electron chi connectivity index (χ2n) is 3.11. The van der Waals surface area contributed by atoms with Crippen molar-refractivity contribution in [2.75, 3.05) is 19.5 Å². The number of carbonyl (C=O) groups is 1. The van der Waals surface area contributed by atoms with Gasteiger partial charge in [0.1, 0.15) is 0 Å². The van der Waals surface area contributed by atoms with Crippen molar-refractivity contribution in [1.82, 2.24) is 0 Å². The van der Waals surface area contributed by atoms with Crippen molar-refractivity contribution >= 4 is 18.9 Å². The van der Waals surface area contributed by atoms with Gasteiger partial charge in [-0.05, 0) is 18.6 Å². The fraction of sp³-hybridized carbons (Fsp3) is 0.300. The van der Waals surface area contributed by atoms with Crippen LogP contribution in [0.3, 0.4) is 0 Å². The van der Waals surface area contributed by atoms with Crippen LogP contribution in [-0.2, 0) is 13.6 Å². The van der Waals surface area contributed by atoms with E-state index in [1.807, 2.05) is 19.1 Å². The molecule has 0 saturated heterocycles. The standard InChI is InChI=1S/C10H14NO4P/c1-8-6-4-5-7-9(8)11-10(12)16(13,14-2)15-3/h4-7H,1-3H3,(H,11,12). The molecule has 0 atom stereocenters. The molecule has 6 heteroatoms. The summed E-state index contributed by atoms with van der Waals surface area (Å²) in [7, 11) is -1.37. The number of amides is 1. The van der Waals surface area contributed by atoms with E-state index in [2.05, 4.69) is 14.4 Å². The van der Waals surface area contributed by atoms with Crippen molar-refractivity contribution in [2.24, 2.45) is 0 Å². The van der Waals surface area contributed by atoms with Gasteiger partial charge in [-0.3, -0.25) is 4.79 Å².